The highest BCUT2D eigenvalue weighted by Gasteiger charge is 2.32. The van der Waals surface area contributed by atoms with Crippen LogP contribution in [0, 0.1) is 5.41 Å². The Bertz CT molecular complexity index is 388. The molecule has 1 aromatic rings. The normalized spacial score (nSPS) is 12.9. The van der Waals surface area contributed by atoms with Gasteiger partial charge in [0.15, 0.2) is 5.78 Å². The molecule has 0 fully saturated rings. The van der Waals surface area contributed by atoms with Crippen LogP contribution in [0.15, 0.2) is 12.4 Å². The summed E-state index contributed by atoms with van der Waals surface area (Å²) in [6.07, 6.45) is -2.86. The van der Waals surface area contributed by atoms with Crippen LogP contribution in [0.3, 0.4) is 0 Å². The summed E-state index contributed by atoms with van der Waals surface area (Å²) in [7, 11) is 0. The van der Waals surface area contributed by atoms with Crippen LogP contribution in [-0.2, 0) is 17.5 Å². The monoisotopic (exact) mass is 234 g/mol. The van der Waals surface area contributed by atoms with Crippen LogP contribution in [0.2, 0.25) is 0 Å². The lowest BCUT2D eigenvalue weighted by Gasteiger charge is -2.16. The van der Waals surface area contributed by atoms with Gasteiger partial charge in [-0.2, -0.15) is 18.3 Å². The van der Waals surface area contributed by atoms with E-state index in [0.29, 0.717) is 0 Å². The van der Waals surface area contributed by atoms with Gasteiger partial charge in [0.25, 0.3) is 0 Å². The number of aromatic nitrogens is 2. The minimum absolute atomic E-state index is 0.139. The second kappa shape index (κ2) is 3.92. The van der Waals surface area contributed by atoms with Gasteiger partial charge in [0.05, 0.1) is 18.3 Å². The quantitative estimate of drug-likeness (QED) is 0.788. The Balaban J connectivity index is 2.78. The van der Waals surface area contributed by atoms with E-state index in [2.05, 4.69) is 5.10 Å². The van der Waals surface area contributed by atoms with Crippen molar-refractivity contribution in [1.82, 2.24) is 9.78 Å². The van der Waals surface area contributed by atoms with Gasteiger partial charge in [-0.25, -0.2) is 0 Å². The van der Waals surface area contributed by atoms with Crippen LogP contribution in [0.1, 0.15) is 26.3 Å². The van der Waals surface area contributed by atoms with Gasteiger partial charge >= 0.3 is 6.18 Å². The first kappa shape index (κ1) is 12.7. The molecule has 0 radical (unpaired) electrons. The first-order valence-electron chi connectivity index (χ1n) is 4.73. The lowest BCUT2D eigenvalue weighted by molar-refractivity contribution is -0.137. The molecule has 1 heterocycles. The van der Waals surface area contributed by atoms with Crippen LogP contribution in [0.5, 0.6) is 0 Å². The number of nitrogens with zero attached hydrogens (tertiary/aromatic N) is 2. The Morgan fingerprint density at radius 2 is 1.94 bits per heavy atom. The van der Waals surface area contributed by atoms with Gasteiger partial charge in [-0.1, -0.05) is 20.8 Å². The van der Waals surface area contributed by atoms with Gasteiger partial charge in [-0.05, 0) is 0 Å². The molecule has 0 spiro atoms. The molecule has 3 nitrogen and oxygen atoms in total. The van der Waals surface area contributed by atoms with E-state index in [9.17, 15) is 18.0 Å². The number of hydrogen-bond donors (Lipinski definition) is 0. The van der Waals surface area contributed by atoms with E-state index in [0.717, 1.165) is 17.1 Å². The van der Waals surface area contributed by atoms with Gasteiger partial charge < -0.3 is 0 Å². The number of alkyl halides is 3. The van der Waals surface area contributed by atoms with E-state index in [1.54, 1.807) is 20.8 Å². The fraction of sp³-hybridized carbons (Fsp3) is 0.600. The third-order valence-electron chi connectivity index (χ3n) is 2.10. The molecule has 0 unspecified atom stereocenters. The molecule has 16 heavy (non-hydrogen) atoms. The average Bonchev–Trinajstić information content (AvgIpc) is 2.49. The van der Waals surface area contributed by atoms with Gasteiger partial charge in [-0.15, -0.1) is 0 Å². The predicted octanol–water partition coefficient (Wildman–Crippen LogP) is 2.52. The van der Waals surface area contributed by atoms with Crippen LogP contribution < -0.4 is 0 Å². The van der Waals surface area contributed by atoms with Crippen molar-refractivity contribution < 1.29 is 18.0 Å². The molecule has 1 aromatic heterocycles. The summed E-state index contributed by atoms with van der Waals surface area (Å²) >= 11 is 0. The molecular formula is C10H13F3N2O. The van der Waals surface area contributed by atoms with Crippen molar-refractivity contribution in [3.05, 3.63) is 18.0 Å². The average molecular weight is 234 g/mol. The van der Waals surface area contributed by atoms with Crippen molar-refractivity contribution in [1.29, 1.82) is 0 Å². The maximum Gasteiger partial charge on any atom is 0.419 e. The number of carbonyl (C=O) groups excluding carboxylic acids is 1. The minimum Gasteiger partial charge on any atom is -0.297 e. The molecule has 0 saturated heterocycles. The third kappa shape index (κ3) is 3.08. The van der Waals surface area contributed by atoms with E-state index in [1.807, 2.05) is 0 Å². The summed E-state index contributed by atoms with van der Waals surface area (Å²) in [4.78, 5) is 11.6. The molecule has 90 valence electrons. The molecule has 0 atom stereocenters. The van der Waals surface area contributed by atoms with Crippen LogP contribution in [0.25, 0.3) is 0 Å². The zero-order valence-corrected chi connectivity index (χ0v) is 9.30. The fourth-order valence-corrected chi connectivity index (χ4v) is 0.981. The highest BCUT2D eigenvalue weighted by molar-refractivity contribution is 5.83. The molecule has 1 rings (SSSR count). The number of rotatable bonds is 2. The predicted molar refractivity (Wildman–Crippen MR) is 51.7 cm³/mol. The third-order valence-corrected chi connectivity index (χ3v) is 2.10. The number of carbonyl (C=O) groups is 1. The number of hydrogen-bond acceptors (Lipinski definition) is 2. The Kier molecular flexibility index (Phi) is 3.12. The summed E-state index contributed by atoms with van der Waals surface area (Å²) in [5.41, 5.74) is -1.42. The van der Waals surface area contributed by atoms with Crippen LogP contribution in [0.4, 0.5) is 13.2 Å². The summed E-state index contributed by atoms with van der Waals surface area (Å²) in [6.45, 7) is 5.00. The van der Waals surface area contributed by atoms with Gasteiger partial charge in [0.1, 0.15) is 0 Å². The smallest absolute Gasteiger partial charge is 0.297 e. The van der Waals surface area contributed by atoms with E-state index in [4.69, 9.17) is 0 Å². The van der Waals surface area contributed by atoms with Gasteiger partial charge in [-0.3, -0.25) is 9.48 Å². The van der Waals surface area contributed by atoms with Crippen molar-refractivity contribution in [2.24, 2.45) is 5.41 Å². The molecule has 0 aliphatic heterocycles. The molecular weight excluding hydrogens is 221 g/mol. The zero-order chi connectivity index (χ0) is 12.6. The Hall–Kier alpha value is -1.33. The van der Waals surface area contributed by atoms with Gasteiger partial charge in [0.2, 0.25) is 0 Å². The maximum atomic E-state index is 12.2. The lowest BCUT2D eigenvalue weighted by Crippen LogP contribution is -2.25. The van der Waals surface area contributed by atoms with Crippen LogP contribution >= 0.6 is 0 Å². The number of halogens is 3. The van der Waals surface area contributed by atoms with Crippen molar-refractivity contribution in [3.8, 4) is 0 Å². The highest BCUT2D eigenvalue weighted by atomic mass is 19.4. The molecule has 0 N–H and O–H groups in total. The maximum absolute atomic E-state index is 12.2. The van der Waals surface area contributed by atoms with E-state index >= 15 is 0 Å². The summed E-state index contributed by atoms with van der Waals surface area (Å²) in [5.74, 6) is -0.163. The fourth-order valence-electron chi connectivity index (χ4n) is 0.981. The van der Waals surface area contributed by atoms with Crippen molar-refractivity contribution in [2.75, 3.05) is 0 Å². The molecule has 0 aromatic carbocycles. The Morgan fingerprint density at radius 1 is 1.38 bits per heavy atom. The van der Waals surface area contributed by atoms with Gasteiger partial charge in [0, 0.05) is 11.6 Å². The summed E-state index contributed by atoms with van der Waals surface area (Å²) in [5, 5.41) is 3.51. The SMILES string of the molecule is CC(C)(C)C(=O)Cn1cc(C(F)(F)F)cn1. The first-order chi connectivity index (χ1) is 7.10. The van der Waals surface area contributed by atoms with E-state index in [1.165, 1.54) is 0 Å². The highest BCUT2D eigenvalue weighted by Crippen LogP contribution is 2.28. The number of Topliss-reactive ketones (excluding diaryl/α,β-unsaturated/α-hetero) is 1. The standard InChI is InChI=1S/C10H13F3N2O/c1-9(2,3)8(16)6-15-5-7(4-14-15)10(11,12)13/h4-5H,6H2,1-3H3. The van der Waals surface area contributed by atoms with E-state index in [-0.39, 0.29) is 12.3 Å². The largest absolute Gasteiger partial charge is 0.419 e. The molecule has 0 amide bonds. The Labute approximate surface area is 91.3 Å². The summed E-state index contributed by atoms with van der Waals surface area (Å²) < 4.78 is 37.7. The summed E-state index contributed by atoms with van der Waals surface area (Å²) in [6, 6.07) is 0. The molecule has 0 bridgehead atoms. The Morgan fingerprint density at radius 3 is 2.31 bits per heavy atom. The molecule has 0 saturated carbocycles. The molecule has 6 heteroatoms. The van der Waals surface area contributed by atoms with Crippen molar-refractivity contribution in [3.63, 3.8) is 0 Å². The zero-order valence-electron chi connectivity index (χ0n) is 9.30. The van der Waals surface area contributed by atoms with Crippen LogP contribution in [-0.4, -0.2) is 15.6 Å². The molecule has 0 aliphatic rings. The lowest BCUT2D eigenvalue weighted by atomic mass is 9.91. The second-order valence-electron chi connectivity index (χ2n) is 4.60. The minimum atomic E-state index is -4.41. The van der Waals surface area contributed by atoms with E-state index < -0.39 is 17.2 Å². The van der Waals surface area contributed by atoms with Crippen molar-refractivity contribution >= 4 is 5.78 Å². The topological polar surface area (TPSA) is 34.9 Å². The first-order valence-corrected chi connectivity index (χ1v) is 4.73. The second-order valence-corrected chi connectivity index (χ2v) is 4.60. The number of ketones is 1. The molecule has 0 aliphatic carbocycles. The van der Waals surface area contributed by atoms with Crippen molar-refractivity contribution in [2.45, 2.75) is 33.5 Å².